The molecule has 2 rings (SSSR count). The highest BCUT2D eigenvalue weighted by Crippen LogP contribution is 2.22. The predicted octanol–water partition coefficient (Wildman–Crippen LogP) is 3.28. The molecule has 16 heavy (non-hydrogen) atoms. The lowest BCUT2D eigenvalue weighted by atomic mass is 10.0. The lowest BCUT2D eigenvalue weighted by Crippen LogP contribution is -2.27. The van der Waals surface area contributed by atoms with E-state index < -0.39 is 0 Å². The van der Waals surface area contributed by atoms with Gasteiger partial charge in [-0.25, -0.2) is 0 Å². The lowest BCUT2D eigenvalue weighted by molar-refractivity contribution is -0.122. The number of hydrogen-bond donors (Lipinski definition) is 1. The summed E-state index contributed by atoms with van der Waals surface area (Å²) in [6.45, 7) is 2.04. The summed E-state index contributed by atoms with van der Waals surface area (Å²) < 4.78 is 0. The van der Waals surface area contributed by atoms with E-state index in [0.29, 0.717) is 12.3 Å². The van der Waals surface area contributed by atoms with E-state index in [-0.39, 0.29) is 11.9 Å². The van der Waals surface area contributed by atoms with Gasteiger partial charge in [0.15, 0.2) is 0 Å². The van der Waals surface area contributed by atoms with Crippen molar-refractivity contribution in [1.29, 1.82) is 0 Å². The van der Waals surface area contributed by atoms with Gasteiger partial charge in [-0.3, -0.25) is 4.79 Å². The summed E-state index contributed by atoms with van der Waals surface area (Å²) in [6, 6.07) is 4.21. The van der Waals surface area contributed by atoms with Crippen molar-refractivity contribution < 1.29 is 4.79 Å². The predicted molar refractivity (Wildman–Crippen MR) is 67.4 cm³/mol. The molecule has 0 saturated heterocycles. The molecule has 2 nitrogen and oxygen atoms in total. The molecule has 0 aliphatic heterocycles. The van der Waals surface area contributed by atoms with Crippen LogP contribution in [0.3, 0.4) is 0 Å². The Hall–Kier alpha value is -1.09. The average molecular weight is 235 g/mol. The van der Waals surface area contributed by atoms with Crippen molar-refractivity contribution in [3.05, 3.63) is 34.5 Å². The molecule has 3 heteroatoms. The van der Waals surface area contributed by atoms with E-state index in [1.807, 2.05) is 18.4 Å². The Labute approximate surface area is 100 Å². The van der Waals surface area contributed by atoms with Crippen LogP contribution < -0.4 is 5.32 Å². The van der Waals surface area contributed by atoms with Crippen molar-refractivity contribution in [2.75, 3.05) is 0 Å². The van der Waals surface area contributed by atoms with Crippen LogP contribution >= 0.6 is 11.3 Å². The zero-order valence-electron chi connectivity index (χ0n) is 9.48. The third-order valence-electron chi connectivity index (χ3n) is 2.91. The molecule has 86 valence electrons. The second-order valence-electron chi connectivity index (χ2n) is 4.27. The topological polar surface area (TPSA) is 29.1 Å². The Balaban J connectivity index is 1.80. The lowest BCUT2D eigenvalue weighted by Gasteiger charge is -2.13. The largest absolute Gasteiger partial charge is 0.349 e. The third kappa shape index (κ3) is 2.95. The molecule has 0 fully saturated rings. The molecule has 0 unspecified atom stereocenters. The first-order valence-corrected chi connectivity index (χ1v) is 6.63. The summed E-state index contributed by atoms with van der Waals surface area (Å²) in [5, 5.41) is 5.09. The number of nitrogens with one attached hydrogen (secondary N) is 1. The van der Waals surface area contributed by atoms with Gasteiger partial charge in [0.1, 0.15) is 0 Å². The van der Waals surface area contributed by atoms with E-state index in [1.165, 1.54) is 4.88 Å². The quantitative estimate of drug-likeness (QED) is 0.797. The van der Waals surface area contributed by atoms with E-state index in [1.54, 1.807) is 11.3 Å². The van der Waals surface area contributed by atoms with E-state index >= 15 is 0 Å². The van der Waals surface area contributed by atoms with E-state index in [4.69, 9.17) is 0 Å². The second kappa shape index (κ2) is 5.30. The van der Waals surface area contributed by atoms with Gasteiger partial charge in [-0.05, 0) is 37.1 Å². The number of carbonyl (C=O) groups excluding carboxylic acids is 1. The van der Waals surface area contributed by atoms with Gasteiger partial charge in [0.2, 0.25) is 5.91 Å². The van der Waals surface area contributed by atoms with Gasteiger partial charge in [-0.1, -0.05) is 18.2 Å². The van der Waals surface area contributed by atoms with Crippen LogP contribution in [0.25, 0.3) is 0 Å². The van der Waals surface area contributed by atoms with Crippen LogP contribution in [0.15, 0.2) is 29.7 Å². The Bertz CT molecular complexity index is 369. The van der Waals surface area contributed by atoms with Gasteiger partial charge in [0.25, 0.3) is 0 Å². The minimum atomic E-state index is 0.137. The first-order valence-electron chi connectivity index (χ1n) is 5.75. The third-order valence-corrected chi connectivity index (χ3v) is 3.96. The highest BCUT2D eigenvalue weighted by atomic mass is 32.1. The highest BCUT2D eigenvalue weighted by Gasteiger charge is 2.16. The molecule has 1 aromatic rings. The Kier molecular flexibility index (Phi) is 3.78. The summed E-state index contributed by atoms with van der Waals surface area (Å²) in [6.07, 6.45) is 7.21. The normalized spacial score (nSPS) is 20.9. The van der Waals surface area contributed by atoms with Crippen LogP contribution in [-0.2, 0) is 4.79 Å². The standard InChI is InChI=1S/C13H17NOS/c1-10(12-7-4-8-16-12)14-13(15)9-11-5-2-3-6-11/h2,4-5,7-8,10-11H,3,6,9H2,1H3,(H,14,15)/t10-,11+/m1/s1. The Morgan fingerprint density at radius 2 is 2.56 bits per heavy atom. The van der Waals surface area contributed by atoms with Gasteiger partial charge in [-0.15, -0.1) is 11.3 Å². The van der Waals surface area contributed by atoms with Gasteiger partial charge >= 0.3 is 0 Å². The molecule has 1 amide bonds. The van der Waals surface area contributed by atoms with Crippen molar-refractivity contribution in [3.63, 3.8) is 0 Å². The molecule has 0 radical (unpaired) electrons. The number of hydrogen-bond acceptors (Lipinski definition) is 2. The van der Waals surface area contributed by atoms with Gasteiger partial charge in [0, 0.05) is 11.3 Å². The van der Waals surface area contributed by atoms with Gasteiger partial charge in [0.05, 0.1) is 6.04 Å². The summed E-state index contributed by atoms with van der Waals surface area (Å²) in [4.78, 5) is 13.0. The minimum absolute atomic E-state index is 0.137. The fraction of sp³-hybridized carbons (Fsp3) is 0.462. The van der Waals surface area contributed by atoms with Gasteiger partial charge in [-0.2, -0.15) is 0 Å². The molecule has 1 aliphatic carbocycles. The maximum Gasteiger partial charge on any atom is 0.221 e. The molecule has 0 saturated carbocycles. The summed E-state index contributed by atoms with van der Waals surface area (Å²) >= 11 is 1.69. The molecule has 0 bridgehead atoms. The van der Waals surface area contributed by atoms with Crippen LogP contribution in [0, 0.1) is 5.92 Å². The Morgan fingerprint density at radius 1 is 1.69 bits per heavy atom. The number of amides is 1. The number of allylic oxidation sites excluding steroid dienone is 2. The SMILES string of the molecule is C[C@@H](NC(=O)C[C@H]1C=CCC1)c1cccs1. The zero-order valence-corrected chi connectivity index (χ0v) is 10.3. The molecular formula is C13H17NOS. The smallest absolute Gasteiger partial charge is 0.221 e. The highest BCUT2D eigenvalue weighted by molar-refractivity contribution is 7.10. The van der Waals surface area contributed by atoms with Crippen molar-refractivity contribution in [2.24, 2.45) is 5.92 Å². The fourth-order valence-corrected chi connectivity index (χ4v) is 2.75. The minimum Gasteiger partial charge on any atom is -0.349 e. The van der Waals surface area contributed by atoms with E-state index in [2.05, 4.69) is 23.5 Å². The summed E-state index contributed by atoms with van der Waals surface area (Å²) in [5.41, 5.74) is 0. The summed E-state index contributed by atoms with van der Waals surface area (Å²) in [7, 11) is 0. The first-order chi connectivity index (χ1) is 7.75. The summed E-state index contributed by atoms with van der Waals surface area (Å²) in [5.74, 6) is 0.619. The fourth-order valence-electron chi connectivity index (χ4n) is 2.01. The molecular weight excluding hydrogens is 218 g/mol. The van der Waals surface area contributed by atoms with Crippen LogP contribution in [0.1, 0.15) is 37.1 Å². The van der Waals surface area contributed by atoms with E-state index in [0.717, 1.165) is 12.8 Å². The first kappa shape index (κ1) is 11.4. The van der Waals surface area contributed by atoms with Crippen LogP contribution in [-0.4, -0.2) is 5.91 Å². The number of rotatable bonds is 4. The molecule has 2 atom stereocenters. The molecule has 1 heterocycles. The van der Waals surface area contributed by atoms with Crippen molar-refractivity contribution in [1.82, 2.24) is 5.32 Å². The second-order valence-corrected chi connectivity index (χ2v) is 5.25. The maximum atomic E-state index is 11.8. The van der Waals surface area contributed by atoms with Crippen molar-refractivity contribution >= 4 is 17.2 Å². The molecule has 1 N–H and O–H groups in total. The monoisotopic (exact) mass is 235 g/mol. The van der Waals surface area contributed by atoms with E-state index in [9.17, 15) is 4.79 Å². The van der Waals surface area contributed by atoms with Crippen LogP contribution in [0.2, 0.25) is 0 Å². The molecule has 1 aliphatic rings. The molecule has 0 spiro atoms. The Morgan fingerprint density at radius 3 is 3.19 bits per heavy atom. The number of thiophene rings is 1. The maximum absolute atomic E-state index is 11.8. The van der Waals surface area contributed by atoms with Crippen molar-refractivity contribution in [3.8, 4) is 0 Å². The van der Waals surface area contributed by atoms with Gasteiger partial charge < -0.3 is 5.32 Å². The zero-order chi connectivity index (χ0) is 11.4. The average Bonchev–Trinajstić information content (AvgIpc) is 2.88. The van der Waals surface area contributed by atoms with Crippen LogP contribution in [0.4, 0.5) is 0 Å². The molecule has 0 aromatic carbocycles. The van der Waals surface area contributed by atoms with Crippen LogP contribution in [0.5, 0.6) is 0 Å². The van der Waals surface area contributed by atoms with Crippen molar-refractivity contribution in [2.45, 2.75) is 32.2 Å². The number of carbonyl (C=O) groups is 1. The molecule has 1 aromatic heterocycles.